The second kappa shape index (κ2) is 47.2. The smallest absolute Gasteiger partial charge is 0.462 e. The predicted octanol–water partition coefficient (Wildman–Crippen LogP) is 14.8. The molecule has 0 amide bonds. The van der Waals surface area contributed by atoms with Crippen LogP contribution in [0.5, 0.6) is 0 Å². The molecular formula is C51H92NO8P. The molecule has 61 heavy (non-hydrogen) atoms. The number of carbonyl (C=O) groups is 2. The van der Waals surface area contributed by atoms with Crippen molar-refractivity contribution in [3.63, 3.8) is 0 Å². The lowest BCUT2D eigenvalue weighted by molar-refractivity contribution is -0.161. The Morgan fingerprint density at radius 1 is 0.508 bits per heavy atom. The number of hydrogen-bond acceptors (Lipinski definition) is 8. The number of phosphoric acid groups is 1. The minimum absolute atomic E-state index is 0.0431. The van der Waals surface area contributed by atoms with Gasteiger partial charge in [0.2, 0.25) is 0 Å². The summed E-state index contributed by atoms with van der Waals surface area (Å²) < 4.78 is 32.8. The first-order chi connectivity index (χ1) is 29.8. The summed E-state index contributed by atoms with van der Waals surface area (Å²) in [7, 11) is -4.40. The molecule has 0 bridgehead atoms. The maximum Gasteiger partial charge on any atom is 0.472 e. The van der Waals surface area contributed by atoms with Crippen molar-refractivity contribution in [3.05, 3.63) is 60.8 Å². The molecule has 0 radical (unpaired) electrons. The molecule has 0 heterocycles. The predicted molar refractivity (Wildman–Crippen MR) is 256 cm³/mol. The van der Waals surface area contributed by atoms with Crippen molar-refractivity contribution in [2.45, 2.75) is 225 Å². The molecule has 0 saturated heterocycles. The second-order valence-corrected chi connectivity index (χ2v) is 17.8. The Balaban J connectivity index is 4.09. The Hall–Kier alpha value is -2.29. The van der Waals surface area contributed by atoms with Gasteiger partial charge in [-0.25, -0.2) is 4.57 Å². The van der Waals surface area contributed by atoms with E-state index in [4.69, 9.17) is 24.3 Å². The normalized spacial score (nSPS) is 13.7. The van der Waals surface area contributed by atoms with Crippen LogP contribution in [0.4, 0.5) is 0 Å². The Morgan fingerprint density at radius 2 is 0.902 bits per heavy atom. The summed E-state index contributed by atoms with van der Waals surface area (Å²) >= 11 is 0. The minimum Gasteiger partial charge on any atom is -0.462 e. The van der Waals surface area contributed by atoms with Crippen LogP contribution in [0, 0.1) is 0 Å². The molecule has 2 atom stereocenters. The highest BCUT2D eigenvalue weighted by Gasteiger charge is 2.26. The number of rotatable bonds is 46. The summed E-state index contributed by atoms with van der Waals surface area (Å²) in [6.45, 7) is 3.58. The molecule has 10 heteroatoms. The Labute approximate surface area is 374 Å². The molecule has 354 valence electrons. The van der Waals surface area contributed by atoms with Gasteiger partial charge in [-0.05, 0) is 51.4 Å². The number of carbonyl (C=O) groups excluding carboxylic acids is 2. The van der Waals surface area contributed by atoms with Crippen LogP contribution in [0.3, 0.4) is 0 Å². The average molecular weight is 878 g/mol. The molecule has 0 aromatic carbocycles. The van der Waals surface area contributed by atoms with Crippen LogP contribution >= 0.6 is 7.82 Å². The van der Waals surface area contributed by atoms with Crippen LogP contribution in [0.25, 0.3) is 0 Å². The van der Waals surface area contributed by atoms with Crippen molar-refractivity contribution in [1.82, 2.24) is 0 Å². The summed E-state index contributed by atoms with van der Waals surface area (Å²) in [5.74, 6) is -0.892. The second-order valence-electron chi connectivity index (χ2n) is 16.3. The van der Waals surface area contributed by atoms with E-state index < -0.39 is 32.5 Å². The zero-order chi connectivity index (χ0) is 44.6. The third-order valence-corrected chi connectivity index (χ3v) is 11.4. The molecule has 0 fully saturated rings. The lowest BCUT2D eigenvalue weighted by Crippen LogP contribution is -2.29. The number of hydrogen-bond donors (Lipinski definition) is 2. The molecule has 0 spiro atoms. The molecule has 0 aromatic rings. The number of nitrogens with two attached hydrogens (primary N) is 1. The Morgan fingerprint density at radius 3 is 1.33 bits per heavy atom. The van der Waals surface area contributed by atoms with E-state index >= 15 is 0 Å². The fraction of sp³-hybridized carbons (Fsp3) is 0.765. The molecule has 0 saturated carbocycles. The number of phosphoric ester groups is 1. The van der Waals surface area contributed by atoms with E-state index in [1.807, 2.05) is 6.08 Å². The quantitative estimate of drug-likeness (QED) is 0.0265. The van der Waals surface area contributed by atoms with Gasteiger partial charge in [0.25, 0.3) is 0 Å². The first-order valence-electron chi connectivity index (χ1n) is 24.8. The lowest BCUT2D eigenvalue weighted by Gasteiger charge is -2.19. The van der Waals surface area contributed by atoms with Gasteiger partial charge in [0.15, 0.2) is 6.10 Å². The molecule has 0 aliphatic rings. The fourth-order valence-electron chi connectivity index (χ4n) is 6.79. The van der Waals surface area contributed by atoms with Crippen molar-refractivity contribution >= 4 is 19.8 Å². The van der Waals surface area contributed by atoms with E-state index in [0.717, 1.165) is 51.4 Å². The van der Waals surface area contributed by atoms with Crippen LogP contribution in [0.2, 0.25) is 0 Å². The highest BCUT2D eigenvalue weighted by molar-refractivity contribution is 7.47. The van der Waals surface area contributed by atoms with Gasteiger partial charge in [-0.2, -0.15) is 0 Å². The maximum atomic E-state index is 12.6. The molecule has 9 nitrogen and oxygen atoms in total. The summed E-state index contributed by atoms with van der Waals surface area (Å²) in [6, 6.07) is 0. The number of unbranched alkanes of at least 4 members (excludes halogenated alkanes) is 23. The van der Waals surface area contributed by atoms with Gasteiger partial charge in [0.05, 0.1) is 13.2 Å². The molecule has 0 aromatic heterocycles. The van der Waals surface area contributed by atoms with Gasteiger partial charge < -0.3 is 20.1 Å². The first kappa shape index (κ1) is 58.7. The van der Waals surface area contributed by atoms with E-state index in [1.54, 1.807) is 0 Å². The van der Waals surface area contributed by atoms with Gasteiger partial charge in [0, 0.05) is 19.4 Å². The van der Waals surface area contributed by atoms with E-state index in [-0.39, 0.29) is 32.6 Å². The summed E-state index contributed by atoms with van der Waals surface area (Å²) in [4.78, 5) is 35.0. The third-order valence-electron chi connectivity index (χ3n) is 10.4. The molecule has 1 unspecified atom stereocenters. The monoisotopic (exact) mass is 878 g/mol. The van der Waals surface area contributed by atoms with Crippen molar-refractivity contribution in [1.29, 1.82) is 0 Å². The Kier molecular flexibility index (Phi) is 45.4. The number of allylic oxidation sites excluding steroid dienone is 10. The molecular weight excluding hydrogens is 786 g/mol. The number of esters is 2. The van der Waals surface area contributed by atoms with E-state index in [0.29, 0.717) is 12.8 Å². The average Bonchev–Trinajstić information content (AvgIpc) is 3.25. The standard InChI is InChI=1S/C51H92NO8P/c1-3-5-7-9-11-13-15-17-19-21-22-23-24-25-26-28-29-31-33-35-37-39-41-43-50(53)57-47-49(48-59-61(55,56)58-46-45-52)60-51(54)44-42-40-38-36-34-32-30-27-20-18-16-14-12-10-8-6-4-2/h6,8,12,14,18,20,30,32,36,38,49H,3-5,7,9-11,13,15-17,19,21-29,31,33-35,37,39-48,52H2,1-2H3,(H,55,56)/b8-6+,14-12+,20-18+,32-30+,38-36+/t49-/m0/s1. The molecule has 0 rings (SSSR count). The van der Waals surface area contributed by atoms with Gasteiger partial charge in [-0.1, -0.05) is 216 Å². The van der Waals surface area contributed by atoms with Crippen molar-refractivity contribution in [2.24, 2.45) is 5.73 Å². The third kappa shape index (κ3) is 47.0. The molecule has 0 aliphatic heterocycles. The molecule has 3 N–H and O–H groups in total. The topological polar surface area (TPSA) is 134 Å². The van der Waals surface area contributed by atoms with Gasteiger partial charge in [0.1, 0.15) is 6.61 Å². The van der Waals surface area contributed by atoms with Crippen molar-refractivity contribution in [3.8, 4) is 0 Å². The van der Waals surface area contributed by atoms with Crippen LogP contribution in [-0.2, 0) is 32.7 Å². The van der Waals surface area contributed by atoms with Crippen LogP contribution < -0.4 is 5.73 Å². The molecule has 0 aliphatic carbocycles. The highest BCUT2D eigenvalue weighted by Crippen LogP contribution is 2.43. The summed E-state index contributed by atoms with van der Waals surface area (Å²) in [5, 5.41) is 0. The highest BCUT2D eigenvalue weighted by atomic mass is 31.2. The maximum absolute atomic E-state index is 12.6. The summed E-state index contributed by atoms with van der Waals surface area (Å²) in [6.07, 6.45) is 57.0. The van der Waals surface area contributed by atoms with Crippen molar-refractivity contribution in [2.75, 3.05) is 26.4 Å². The lowest BCUT2D eigenvalue weighted by atomic mass is 10.0. The van der Waals surface area contributed by atoms with Crippen LogP contribution in [-0.4, -0.2) is 49.3 Å². The van der Waals surface area contributed by atoms with Gasteiger partial charge in [-0.3, -0.25) is 18.6 Å². The fourth-order valence-corrected chi connectivity index (χ4v) is 7.55. The van der Waals surface area contributed by atoms with E-state index in [2.05, 4.69) is 68.5 Å². The zero-order valence-electron chi connectivity index (χ0n) is 39.1. The van der Waals surface area contributed by atoms with E-state index in [1.165, 1.54) is 128 Å². The SMILES string of the molecule is CC/C=C/C/C=C/C/C=C/C/C=C/C/C=C/CCCC(=O)O[C@@H](COC(=O)CCCCCCCCCCCCCCCCCCCCCCCCC)COP(=O)(O)OCCN. The minimum atomic E-state index is -4.40. The van der Waals surface area contributed by atoms with Gasteiger partial charge in [-0.15, -0.1) is 0 Å². The van der Waals surface area contributed by atoms with E-state index in [9.17, 15) is 19.0 Å². The summed E-state index contributed by atoms with van der Waals surface area (Å²) in [5.41, 5.74) is 5.36. The zero-order valence-corrected chi connectivity index (χ0v) is 40.0. The van der Waals surface area contributed by atoms with Crippen molar-refractivity contribution < 1.29 is 37.6 Å². The Bertz CT molecular complexity index is 1180. The van der Waals surface area contributed by atoms with Crippen LogP contribution in [0.15, 0.2) is 60.8 Å². The number of ether oxygens (including phenoxy) is 2. The first-order valence-corrected chi connectivity index (χ1v) is 26.3. The largest absolute Gasteiger partial charge is 0.472 e. The van der Waals surface area contributed by atoms with Gasteiger partial charge >= 0.3 is 19.8 Å². The van der Waals surface area contributed by atoms with Crippen LogP contribution in [0.1, 0.15) is 219 Å².